The fourth-order valence-electron chi connectivity index (χ4n) is 2.30. The lowest BCUT2D eigenvalue weighted by molar-refractivity contribution is 1.02. The first-order chi connectivity index (χ1) is 11.4. The average molecular weight is 336 g/mol. The lowest BCUT2D eigenvalue weighted by Crippen LogP contribution is -1.96. The van der Waals surface area contributed by atoms with Crippen LogP contribution >= 0.6 is 22.7 Å². The second kappa shape index (κ2) is 6.36. The molecule has 23 heavy (non-hydrogen) atoms. The minimum absolute atomic E-state index is 0.708. The van der Waals surface area contributed by atoms with Gasteiger partial charge in [-0.25, -0.2) is 0 Å². The third kappa shape index (κ3) is 3.18. The summed E-state index contributed by atoms with van der Waals surface area (Å²) < 4.78 is 0. The maximum Gasteiger partial charge on any atom is 0.0821 e. The van der Waals surface area contributed by atoms with Gasteiger partial charge in [0, 0.05) is 30.2 Å². The van der Waals surface area contributed by atoms with Crippen molar-refractivity contribution >= 4 is 22.7 Å². The van der Waals surface area contributed by atoms with Crippen LogP contribution in [0.25, 0.3) is 21.1 Å². The minimum atomic E-state index is 0.708. The second-order valence-corrected chi connectivity index (χ2v) is 6.71. The molecule has 6 heteroatoms. The van der Waals surface area contributed by atoms with E-state index >= 15 is 0 Å². The molecule has 0 atom stereocenters. The highest BCUT2D eigenvalue weighted by Crippen LogP contribution is 2.23. The number of hydrogen-bond acceptors (Lipinski definition) is 6. The van der Waals surface area contributed by atoms with E-state index in [1.165, 1.54) is 0 Å². The fourth-order valence-corrected chi connectivity index (χ4v) is 3.48. The molecule has 0 radical (unpaired) electrons. The van der Waals surface area contributed by atoms with E-state index < -0.39 is 0 Å². The van der Waals surface area contributed by atoms with Crippen LogP contribution in [0.15, 0.2) is 59.8 Å². The summed E-state index contributed by atoms with van der Waals surface area (Å²) in [5.74, 6) is 0. The van der Waals surface area contributed by atoms with Crippen molar-refractivity contribution in [3.63, 3.8) is 0 Å². The summed E-state index contributed by atoms with van der Waals surface area (Å²) in [5, 5.41) is 0. The van der Waals surface area contributed by atoms with Gasteiger partial charge in [-0.15, -0.1) is 22.7 Å². The Balaban J connectivity index is 1.61. The van der Waals surface area contributed by atoms with E-state index in [0.29, 0.717) is 6.42 Å². The predicted molar refractivity (Wildman–Crippen MR) is 93.5 cm³/mol. The van der Waals surface area contributed by atoms with Gasteiger partial charge in [0.25, 0.3) is 0 Å². The molecule has 112 valence electrons. The van der Waals surface area contributed by atoms with E-state index in [4.69, 9.17) is 9.97 Å². The standard InChI is InChI=1S/C17H12N4S2/c1-3-12(20-14(5-1)16-8-18-10-22-16)7-13-4-2-6-15(21-13)17-9-19-11-23-17/h1-6,8-11H,7H2. The van der Waals surface area contributed by atoms with E-state index in [9.17, 15) is 0 Å². The molecule has 0 unspecified atom stereocenters. The van der Waals surface area contributed by atoms with Crippen molar-refractivity contribution in [1.29, 1.82) is 0 Å². The Morgan fingerprint density at radius 1 is 0.696 bits per heavy atom. The van der Waals surface area contributed by atoms with Gasteiger partial charge in [0.1, 0.15) is 0 Å². The first kappa shape index (κ1) is 14.2. The minimum Gasteiger partial charge on any atom is -0.252 e. The quantitative estimate of drug-likeness (QED) is 0.557. The molecule has 4 nitrogen and oxygen atoms in total. The molecule has 0 saturated heterocycles. The highest BCUT2D eigenvalue weighted by atomic mass is 32.1. The Bertz CT molecular complexity index is 826. The van der Waals surface area contributed by atoms with Crippen molar-refractivity contribution in [1.82, 2.24) is 19.9 Å². The van der Waals surface area contributed by atoms with Gasteiger partial charge in [0.15, 0.2) is 0 Å². The summed E-state index contributed by atoms with van der Waals surface area (Å²) in [4.78, 5) is 19.8. The van der Waals surface area contributed by atoms with Crippen LogP contribution in [0.5, 0.6) is 0 Å². The largest absolute Gasteiger partial charge is 0.252 e. The molecule has 0 bridgehead atoms. The first-order valence-electron chi connectivity index (χ1n) is 7.08. The molecule has 0 fully saturated rings. The molecule has 0 N–H and O–H groups in total. The fraction of sp³-hybridized carbons (Fsp3) is 0.0588. The van der Waals surface area contributed by atoms with Crippen LogP contribution in [0.3, 0.4) is 0 Å². The zero-order chi connectivity index (χ0) is 15.5. The summed E-state index contributed by atoms with van der Waals surface area (Å²) in [6.45, 7) is 0. The number of rotatable bonds is 4. The van der Waals surface area contributed by atoms with Gasteiger partial charge in [-0.2, -0.15) is 0 Å². The molecule has 0 aliphatic rings. The highest BCUT2D eigenvalue weighted by Gasteiger charge is 2.06. The molecule has 0 amide bonds. The van der Waals surface area contributed by atoms with Crippen molar-refractivity contribution in [2.24, 2.45) is 0 Å². The number of hydrogen-bond donors (Lipinski definition) is 0. The van der Waals surface area contributed by atoms with Crippen LogP contribution in [0.2, 0.25) is 0 Å². The van der Waals surface area contributed by atoms with Gasteiger partial charge < -0.3 is 0 Å². The molecule has 4 aromatic heterocycles. The monoisotopic (exact) mass is 336 g/mol. The Hall–Kier alpha value is -2.44. The van der Waals surface area contributed by atoms with Crippen molar-refractivity contribution < 1.29 is 0 Å². The van der Waals surface area contributed by atoms with E-state index in [1.54, 1.807) is 22.7 Å². The van der Waals surface area contributed by atoms with Crippen molar-refractivity contribution in [3.8, 4) is 21.1 Å². The van der Waals surface area contributed by atoms with Crippen molar-refractivity contribution in [2.75, 3.05) is 0 Å². The van der Waals surface area contributed by atoms with Crippen LogP contribution in [-0.2, 0) is 6.42 Å². The molecule has 4 aromatic rings. The zero-order valence-electron chi connectivity index (χ0n) is 12.1. The smallest absolute Gasteiger partial charge is 0.0821 e. The number of pyridine rings is 2. The van der Waals surface area contributed by atoms with E-state index in [1.807, 2.05) is 59.8 Å². The van der Waals surface area contributed by atoms with E-state index in [2.05, 4.69) is 9.97 Å². The summed E-state index contributed by atoms with van der Waals surface area (Å²) in [6.07, 6.45) is 4.40. The summed E-state index contributed by atoms with van der Waals surface area (Å²) in [6, 6.07) is 12.2. The van der Waals surface area contributed by atoms with Crippen LogP contribution in [0, 0.1) is 0 Å². The lowest BCUT2D eigenvalue weighted by Gasteiger charge is -2.04. The summed E-state index contributed by atoms with van der Waals surface area (Å²) in [5.41, 5.74) is 7.58. The third-order valence-corrected chi connectivity index (χ3v) is 4.94. The molecule has 0 aliphatic heterocycles. The van der Waals surface area contributed by atoms with Gasteiger partial charge in [-0.05, 0) is 24.3 Å². The van der Waals surface area contributed by atoms with Gasteiger partial charge >= 0.3 is 0 Å². The van der Waals surface area contributed by atoms with E-state index in [-0.39, 0.29) is 0 Å². The summed E-state index contributed by atoms with van der Waals surface area (Å²) in [7, 11) is 0. The van der Waals surface area contributed by atoms with Gasteiger partial charge in [0.2, 0.25) is 0 Å². The SMILES string of the molecule is c1cc(Cc2cccc(-c3cncs3)n2)nc(-c2cncs2)c1. The number of nitrogens with zero attached hydrogens (tertiary/aromatic N) is 4. The van der Waals surface area contributed by atoms with Gasteiger partial charge in [0.05, 0.1) is 32.2 Å². The Kier molecular flexibility index (Phi) is 3.92. The Morgan fingerprint density at radius 2 is 1.22 bits per heavy atom. The van der Waals surface area contributed by atoms with Crippen LogP contribution in [0.4, 0.5) is 0 Å². The van der Waals surface area contributed by atoms with Gasteiger partial charge in [-0.3, -0.25) is 19.9 Å². The average Bonchev–Trinajstić information content (AvgIpc) is 3.29. The maximum absolute atomic E-state index is 4.72. The van der Waals surface area contributed by atoms with Crippen LogP contribution < -0.4 is 0 Å². The topological polar surface area (TPSA) is 51.6 Å². The van der Waals surface area contributed by atoms with Crippen molar-refractivity contribution in [3.05, 3.63) is 71.2 Å². The van der Waals surface area contributed by atoms with Gasteiger partial charge in [-0.1, -0.05) is 12.1 Å². The molecule has 0 aliphatic carbocycles. The number of thiazole rings is 2. The molecule has 0 saturated carbocycles. The normalized spacial score (nSPS) is 10.8. The lowest BCUT2D eigenvalue weighted by atomic mass is 10.1. The Morgan fingerprint density at radius 3 is 1.65 bits per heavy atom. The maximum atomic E-state index is 4.72. The molecule has 0 spiro atoms. The van der Waals surface area contributed by atoms with Crippen LogP contribution in [-0.4, -0.2) is 19.9 Å². The highest BCUT2D eigenvalue weighted by molar-refractivity contribution is 7.13. The Labute approximate surface area is 141 Å². The zero-order valence-corrected chi connectivity index (χ0v) is 13.7. The first-order valence-corrected chi connectivity index (χ1v) is 8.84. The molecular formula is C17H12N4S2. The second-order valence-electron chi connectivity index (χ2n) is 4.94. The summed E-state index contributed by atoms with van der Waals surface area (Å²) >= 11 is 3.19. The van der Waals surface area contributed by atoms with Crippen LogP contribution in [0.1, 0.15) is 11.4 Å². The molecular weight excluding hydrogens is 324 g/mol. The molecule has 0 aromatic carbocycles. The molecule has 4 rings (SSSR count). The molecule has 4 heterocycles. The third-order valence-electron chi connectivity index (χ3n) is 3.35. The predicted octanol–water partition coefficient (Wildman–Crippen LogP) is 4.31. The number of aromatic nitrogens is 4. The van der Waals surface area contributed by atoms with Crippen molar-refractivity contribution in [2.45, 2.75) is 6.42 Å². The van der Waals surface area contributed by atoms with E-state index in [0.717, 1.165) is 32.5 Å².